The van der Waals surface area contributed by atoms with Gasteiger partial charge in [0, 0.05) is 9.90 Å². The molecule has 0 fully saturated rings. The van der Waals surface area contributed by atoms with Crippen LogP contribution in [0.3, 0.4) is 0 Å². The third kappa shape index (κ3) is 2.60. The Morgan fingerprint density at radius 1 is 1.19 bits per heavy atom. The van der Waals surface area contributed by atoms with Crippen LogP contribution in [0, 0.1) is 0 Å². The lowest BCUT2D eigenvalue weighted by Gasteiger charge is -2.09. The van der Waals surface area contributed by atoms with E-state index >= 15 is 0 Å². The van der Waals surface area contributed by atoms with Crippen LogP contribution in [0.25, 0.3) is 0 Å². The molecule has 1 nitrogen and oxygen atoms in total. The van der Waals surface area contributed by atoms with E-state index in [0.29, 0.717) is 10.0 Å². The molecule has 0 aliphatic rings. The summed E-state index contributed by atoms with van der Waals surface area (Å²) in [6, 6.07) is 9.24. The molecule has 2 aromatic rings. The molecular formula is C11H8BrCl2NS. The lowest BCUT2D eigenvalue weighted by atomic mass is 10.1. The van der Waals surface area contributed by atoms with Crippen LogP contribution in [0.15, 0.2) is 34.1 Å². The standard InChI is InChI=1S/C11H8BrCl2NS/c12-11-8(14)5-9(16-11)10(15)6-1-3-7(13)4-2-6/h1-5,10H,15H2. The number of halogens is 3. The van der Waals surface area contributed by atoms with E-state index in [4.69, 9.17) is 28.9 Å². The van der Waals surface area contributed by atoms with Gasteiger partial charge in [0.2, 0.25) is 0 Å². The van der Waals surface area contributed by atoms with Crippen molar-refractivity contribution >= 4 is 50.5 Å². The fourth-order valence-corrected chi connectivity index (χ4v) is 3.25. The molecule has 0 bridgehead atoms. The first kappa shape index (κ1) is 12.4. The van der Waals surface area contributed by atoms with E-state index < -0.39 is 0 Å². The fraction of sp³-hybridized carbons (Fsp3) is 0.0909. The Hall–Kier alpha value is -0.0600. The maximum atomic E-state index is 6.14. The maximum Gasteiger partial charge on any atom is 0.0888 e. The first-order valence-electron chi connectivity index (χ1n) is 4.53. The molecule has 0 spiro atoms. The Labute approximate surface area is 116 Å². The van der Waals surface area contributed by atoms with E-state index in [9.17, 15) is 0 Å². The smallest absolute Gasteiger partial charge is 0.0888 e. The summed E-state index contributed by atoms with van der Waals surface area (Å²) >= 11 is 16.7. The minimum Gasteiger partial charge on any atom is -0.320 e. The van der Waals surface area contributed by atoms with Crippen LogP contribution in [-0.2, 0) is 0 Å². The van der Waals surface area contributed by atoms with Crippen LogP contribution in [0.5, 0.6) is 0 Å². The van der Waals surface area contributed by atoms with Crippen LogP contribution in [0.1, 0.15) is 16.5 Å². The molecule has 1 aromatic carbocycles. The summed E-state index contributed by atoms with van der Waals surface area (Å²) in [6.07, 6.45) is 0. The van der Waals surface area contributed by atoms with Crippen molar-refractivity contribution in [3.63, 3.8) is 0 Å². The Kier molecular flexibility index (Phi) is 3.93. The third-order valence-corrected chi connectivity index (χ3v) is 5.01. The molecule has 1 atom stereocenters. The van der Waals surface area contributed by atoms with Gasteiger partial charge in [0.05, 0.1) is 14.9 Å². The number of rotatable bonds is 2. The topological polar surface area (TPSA) is 26.0 Å². The molecule has 0 aliphatic heterocycles. The quantitative estimate of drug-likeness (QED) is 0.832. The monoisotopic (exact) mass is 335 g/mol. The van der Waals surface area contributed by atoms with Gasteiger partial charge >= 0.3 is 0 Å². The molecular weight excluding hydrogens is 329 g/mol. The third-order valence-electron chi connectivity index (χ3n) is 2.20. The van der Waals surface area contributed by atoms with E-state index in [0.717, 1.165) is 14.2 Å². The molecule has 0 saturated carbocycles. The zero-order chi connectivity index (χ0) is 11.7. The van der Waals surface area contributed by atoms with E-state index in [1.54, 1.807) is 11.3 Å². The Morgan fingerprint density at radius 2 is 1.81 bits per heavy atom. The van der Waals surface area contributed by atoms with E-state index in [1.807, 2.05) is 30.3 Å². The molecule has 16 heavy (non-hydrogen) atoms. The predicted octanol–water partition coefficient (Wildman–Crippen LogP) is 4.87. The van der Waals surface area contributed by atoms with Crippen molar-refractivity contribution in [2.45, 2.75) is 6.04 Å². The zero-order valence-corrected chi connectivity index (χ0v) is 12.0. The molecule has 2 N–H and O–H groups in total. The van der Waals surface area contributed by atoms with E-state index in [2.05, 4.69) is 15.9 Å². The number of thiophene rings is 1. The van der Waals surface area contributed by atoms with Crippen molar-refractivity contribution < 1.29 is 0 Å². The van der Waals surface area contributed by atoms with Crippen molar-refractivity contribution in [2.24, 2.45) is 5.73 Å². The first-order valence-corrected chi connectivity index (χ1v) is 6.90. The molecule has 1 aromatic heterocycles. The van der Waals surface area contributed by atoms with Crippen LogP contribution in [0.4, 0.5) is 0 Å². The van der Waals surface area contributed by atoms with Crippen LogP contribution < -0.4 is 5.73 Å². The summed E-state index contributed by atoms with van der Waals surface area (Å²) in [5.74, 6) is 0. The van der Waals surface area contributed by atoms with Crippen LogP contribution in [0.2, 0.25) is 10.0 Å². The van der Waals surface area contributed by atoms with Crippen molar-refractivity contribution in [3.05, 3.63) is 54.6 Å². The van der Waals surface area contributed by atoms with Crippen LogP contribution in [-0.4, -0.2) is 0 Å². The van der Waals surface area contributed by atoms with E-state index in [-0.39, 0.29) is 6.04 Å². The highest BCUT2D eigenvalue weighted by Crippen LogP contribution is 2.36. The van der Waals surface area contributed by atoms with Gasteiger partial charge in [0.25, 0.3) is 0 Å². The first-order chi connectivity index (χ1) is 7.58. The maximum absolute atomic E-state index is 6.14. The molecule has 84 valence electrons. The van der Waals surface area contributed by atoms with Gasteiger partial charge in [-0.15, -0.1) is 11.3 Å². The Bertz CT molecular complexity index is 476. The molecule has 2 rings (SSSR count). The van der Waals surface area contributed by atoms with Gasteiger partial charge in [-0.1, -0.05) is 35.3 Å². The van der Waals surface area contributed by atoms with Gasteiger partial charge in [-0.3, -0.25) is 0 Å². The van der Waals surface area contributed by atoms with Gasteiger partial charge in [-0.25, -0.2) is 0 Å². The molecule has 0 saturated heterocycles. The van der Waals surface area contributed by atoms with Crippen molar-refractivity contribution in [3.8, 4) is 0 Å². The minimum absolute atomic E-state index is 0.161. The number of hydrogen-bond acceptors (Lipinski definition) is 2. The van der Waals surface area contributed by atoms with Crippen molar-refractivity contribution in [2.75, 3.05) is 0 Å². The second-order valence-electron chi connectivity index (χ2n) is 3.30. The largest absolute Gasteiger partial charge is 0.320 e. The normalized spacial score (nSPS) is 12.8. The second-order valence-corrected chi connectivity index (χ2v) is 6.54. The summed E-state index contributed by atoms with van der Waals surface area (Å²) in [6.45, 7) is 0. The minimum atomic E-state index is -0.161. The molecule has 1 heterocycles. The summed E-state index contributed by atoms with van der Waals surface area (Å²) in [5, 5.41) is 1.41. The number of benzene rings is 1. The molecule has 0 amide bonds. The van der Waals surface area contributed by atoms with Crippen molar-refractivity contribution in [1.29, 1.82) is 0 Å². The summed E-state index contributed by atoms with van der Waals surface area (Å²) in [7, 11) is 0. The predicted molar refractivity (Wildman–Crippen MR) is 74.5 cm³/mol. The molecule has 0 aliphatic carbocycles. The highest BCUT2D eigenvalue weighted by molar-refractivity contribution is 9.11. The lowest BCUT2D eigenvalue weighted by molar-refractivity contribution is 0.894. The van der Waals surface area contributed by atoms with Crippen LogP contribution >= 0.6 is 50.5 Å². The van der Waals surface area contributed by atoms with Gasteiger partial charge in [-0.05, 0) is 39.7 Å². The number of nitrogens with two attached hydrogens (primary N) is 1. The zero-order valence-electron chi connectivity index (χ0n) is 8.08. The SMILES string of the molecule is NC(c1ccc(Cl)cc1)c1cc(Cl)c(Br)s1. The fourth-order valence-electron chi connectivity index (χ4n) is 1.35. The second kappa shape index (κ2) is 5.07. The lowest BCUT2D eigenvalue weighted by Crippen LogP contribution is -2.09. The summed E-state index contributed by atoms with van der Waals surface area (Å²) in [4.78, 5) is 1.03. The molecule has 1 unspecified atom stereocenters. The Balaban J connectivity index is 2.31. The summed E-state index contributed by atoms with van der Waals surface area (Å²) < 4.78 is 0.911. The average Bonchev–Trinajstić information content (AvgIpc) is 2.59. The van der Waals surface area contributed by atoms with Gasteiger partial charge < -0.3 is 5.73 Å². The Morgan fingerprint density at radius 3 is 2.31 bits per heavy atom. The van der Waals surface area contributed by atoms with Gasteiger partial charge in [0.1, 0.15) is 0 Å². The highest BCUT2D eigenvalue weighted by atomic mass is 79.9. The van der Waals surface area contributed by atoms with Gasteiger partial charge in [0.15, 0.2) is 0 Å². The highest BCUT2D eigenvalue weighted by Gasteiger charge is 2.13. The van der Waals surface area contributed by atoms with Crippen molar-refractivity contribution in [1.82, 2.24) is 0 Å². The average molecular weight is 337 g/mol. The summed E-state index contributed by atoms with van der Waals surface area (Å²) in [5.41, 5.74) is 7.16. The van der Waals surface area contributed by atoms with Gasteiger partial charge in [-0.2, -0.15) is 0 Å². The van der Waals surface area contributed by atoms with E-state index in [1.165, 1.54) is 0 Å². The molecule has 5 heteroatoms. The number of hydrogen-bond donors (Lipinski definition) is 1. The molecule has 0 radical (unpaired) electrons.